The molecule has 0 aliphatic carbocycles. The molecule has 5 rings (SSSR count). The van der Waals surface area contributed by atoms with Crippen molar-refractivity contribution in [1.82, 2.24) is 14.8 Å². The number of hydrogen-bond acceptors (Lipinski definition) is 6. The number of rotatable bonds is 7. The van der Waals surface area contributed by atoms with Crippen molar-refractivity contribution in [1.29, 1.82) is 0 Å². The molecule has 1 amide bonds. The Kier molecular flexibility index (Phi) is 6.22. The van der Waals surface area contributed by atoms with E-state index >= 15 is 0 Å². The van der Waals surface area contributed by atoms with Gasteiger partial charge in [0.2, 0.25) is 12.7 Å². The van der Waals surface area contributed by atoms with Crippen molar-refractivity contribution >= 4 is 23.4 Å². The number of nitrogens with zero attached hydrogens (tertiary/aromatic N) is 4. The summed E-state index contributed by atoms with van der Waals surface area (Å²) in [6, 6.07) is 25.3. The standard InChI is InChI=1S/C26H24N4O3S/c1-3-29(20-10-6-4-7-11-20)25(31)18(2)34-26-28-27-24(30(26)21-12-8-5-9-13-21)19-14-15-22-23(16-19)33-17-32-22/h4-16,18H,3,17H2,1-2H3. The first-order chi connectivity index (χ1) is 16.7. The molecular weight excluding hydrogens is 448 g/mol. The van der Waals surface area contributed by atoms with E-state index in [4.69, 9.17) is 9.47 Å². The lowest BCUT2D eigenvalue weighted by molar-refractivity contribution is -0.117. The van der Waals surface area contributed by atoms with Gasteiger partial charge in [0.05, 0.1) is 5.25 Å². The maximum absolute atomic E-state index is 13.3. The number of fused-ring (bicyclic) bond motifs is 1. The maximum Gasteiger partial charge on any atom is 0.240 e. The molecule has 0 saturated carbocycles. The Hall–Kier alpha value is -3.78. The Morgan fingerprint density at radius 2 is 1.71 bits per heavy atom. The third-order valence-electron chi connectivity index (χ3n) is 5.56. The average Bonchev–Trinajstić information content (AvgIpc) is 3.52. The summed E-state index contributed by atoms with van der Waals surface area (Å²) < 4.78 is 13.0. The van der Waals surface area contributed by atoms with Gasteiger partial charge in [0.25, 0.3) is 0 Å². The molecule has 1 aromatic heterocycles. The van der Waals surface area contributed by atoms with Crippen LogP contribution in [0, 0.1) is 0 Å². The average molecular weight is 473 g/mol. The molecule has 172 valence electrons. The topological polar surface area (TPSA) is 69.5 Å². The first-order valence-corrected chi connectivity index (χ1v) is 12.0. The van der Waals surface area contributed by atoms with E-state index in [1.54, 1.807) is 4.90 Å². The second kappa shape index (κ2) is 9.61. The molecule has 1 atom stereocenters. The third kappa shape index (κ3) is 4.24. The highest BCUT2D eigenvalue weighted by Gasteiger charge is 2.26. The molecule has 2 heterocycles. The van der Waals surface area contributed by atoms with Gasteiger partial charge >= 0.3 is 0 Å². The van der Waals surface area contributed by atoms with E-state index in [9.17, 15) is 4.79 Å². The van der Waals surface area contributed by atoms with Crippen LogP contribution >= 0.6 is 11.8 Å². The quantitative estimate of drug-likeness (QED) is 0.345. The normalized spacial score (nSPS) is 13.0. The molecule has 34 heavy (non-hydrogen) atoms. The molecule has 0 bridgehead atoms. The number of ether oxygens (including phenoxy) is 2. The van der Waals surface area contributed by atoms with Crippen LogP contribution in [0.25, 0.3) is 17.1 Å². The largest absolute Gasteiger partial charge is 0.454 e. The zero-order valence-electron chi connectivity index (χ0n) is 18.9. The van der Waals surface area contributed by atoms with Gasteiger partial charge in [-0.25, -0.2) is 0 Å². The van der Waals surface area contributed by atoms with Gasteiger partial charge in [0.1, 0.15) is 0 Å². The van der Waals surface area contributed by atoms with Gasteiger partial charge in [-0.3, -0.25) is 9.36 Å². The van der Waals surface area contributed by atoms with Crippen molar-refractivity contribution in [3.05, 3.63) is 78.9 Å². The molecule has 0 N–H and O–H groups in total. The van der Waals surface area contributed by atoms with Crippen molar-refractivity contribution in [2.24, 2.45) is 0 Å². The zero-order valence-corrected chi connectivity index (χ0v) is 19.7. The van der Waals surface area contributed by atoms with E-state index in [1.807, 2.05) is 97.3 Å². The monoisotopic (exact) mass is 472 g/mol. The van der Waals surface area contributed by atoms with Crippen LogP contribution in [-0.2, 0) is 4.79 Å². The van der Waals surface area contributed by atoms with E-state index in [1.165, 1.54) is 11.8 Å². The zero-order chi connectivity index (χ0) is 23.5. The fourth-order valence-electron chi connectivity index (χ4n) is 3.88. The van der Waals surface area contributed by atoms with Crippen molar-refractivity contribution in [2.45, 2.75) is 24.3 Å². The Bertz CT molecular complexity index is 1290. The smallest absolute Gasteiger partial charge is 0.240 e. The van der Waals surface area contributed by atoms with Crippen LogP contribution in [0.15, 0.2) is 84.0 Å². The predicted octanol–water partition coefficient (Wildman–Crippen LogP) is 5.20. The molecule has 4 aromatic rings. The number of thioether (sulfide) groups is 1. The minimum absolute atomic E-state index is 0.0194. The molecule has 1 unspecified atom stereocenters. The Labute approximate surface area is 202 Å². The second-order valence-corrected chi connectivity index (χ2v) is 9.03. The summed E-state index contributed by atoms with van der Waals surface area (Å²) >= 11 is 1.39. The molecule has 0 radical (unpaired) electrons. The lowest BCUT2D eigenvalue weighted by Gasteiger charge is -2.24. The molecule has 0 spiro atoms. The summed E-state index contributed by atoms with van der Waals surface area (Å²) in [6.45, 7) is 4.68. The highest BCUT2D eigenvalue weighted by molar-refractivity contribution is 8.00. The van der Waals surface area contributed by atoms with E-state index < -0.39 is 0 Å². The van der Waals surface area contributed by atoms with Crippen LogP contribution in [0.4, 0.5) is 5.69 Å². The van der Waals surface area contributed by atoms with Gasteiger partial charge in [0.15, 0.2) is 22.5 Å². The van der Waals surface area contributed by atoms with Crippen LogP contribution in [0.1, 0.15) is 13.8 Å². The van der Waals surface area contributed by atoms with Crippen molar-refractivity contribution in [2.75, 3.05) is 18.2 Å². The lowest BCUT2D eigenvalue weighted by Crippen LogP contribution is -2.36. The van der Waals surface area contributed by atoms with Gasteiger partial charge in [0, 0.05) is 23.5 Å². The van der Waals surface area contributed by atoms with E-state index in [-0.39, 0.29) is 18.0 Å². The number of benzene rings is 3. The number of carbonyl (C=O) groups excluding carboxylic acids is 1. The van der Waals surface area contributed by atoms with Gasteiger partial charge in [-0.1, -0.05) is 48.2 Å². The Morgan fingerprint density at radius 3 is 2.44 bits per heavy atom. The Balaban J connectivity index is 1.49. The van der Waals surface area contributed by atoms with Crippen LogP contribution in [0.3, 0.4) is 0 Å². The minimum atomic E-state index is -0.364. The number of aromatic nitrogens is 3. The molecule has 0 saturated heterocycles. The molecule has 1 aliphatic heterocycles. The number of para-hydroxylation sites is 2. The van der Waals surface area contributed by atoms with Crippen LogP contribution in [-0.4, -0.2) is 39.3 Å². The van der Waals surface area contributed by atoms with Gasteiger partial charge in [-0.2, -0.15) is 0 Å². The fraction of sp³-hybridized carbons (Fsp3) is 0.192. The van der Waals surface area contributed by atoms with Gasteiger partial charge in [-0.15, -0.1) is 10.2 Å². The van der Waals surface area contributed by atoms with Crippen molar-refractivity contribution in [3.63, 3.8) is 0 Å². The third-order valence-corrected chi connectivity index (χ3v) is 6.59. The van der Waals surface area contributed by atoms with Gasteiger partial charge < -0.3 is 14.4 Å². The van der Waals surface area contributed by atoms with E-state index in [0.29, 0.717) is 29.0 Å². The van der Waals surface area contributed by atoms with Crippen LogP contribution in [0.5, 0.6) is 11.5 Å². The summed E-state index contributed by atoms with van der Waals surface area (Å²) in [5.41, 5.74) is 2.65. The molecule has 0 fully saturated rings. The van der Waals surface area contributed by atoms with E-state index in [0.717, 1.165) is 16.9 Å². The molecule has 7 nitrogen and oxygen atoms in total. The summed E-state index contributed by atoms with van der Waals surface area (Å²) in [5, 5.41) is 9.25. The SMILES string of the molecule is CCN(C(=O)C(C)Sc1nnc(-c2ccc3c(c2)OCO3)n1-c1ccccc1)c1ccccc1. The number of hydrogen-bond donors (Lipinski definition) is 0. The number of amides is 1. The van der Waals surface area contributed by atoms with Crippen molar-refractivity contribution < 1.29 is 14.3 Å². The molecular formula is C26H24N4O3S. The Morgan fingerprint density at radius 1 is 1.00 bits per heavy atom. The first kappa shape index (κ1) is 22.0. The molecule has 1 aliphatic rings. The van der Waals surface area contributed by atoms with Crippen LogP contribution in [0.2, 0.25) is 0 Å². The predicted molar refractivity (Wildman–Crippen MR) is 133 cm³/mol. The second-order valence-electron chi connectivity index (χ2n) is 7.72. The van der Waals surface area contributed by atoms with Gasteiger partial charge in [-0.05, 0) is 56.3 Å². The highest BCUT2D eigenvalue weighted by Crippen LogP contribution is 2.37. The maximum atomic E-state index is 13.3. The van der Waals surface area contributed by atoms with Crippen LogP contribution < -0.4 is 14.4 Å². The molecule has 3 aromatic carbocycles. The first-order valence-electron chi connectivity index (χ1n) is 11.1. The number of carbonyl (C=O) groups is 1. The van der Waals surface area contributed by atoms with E-state index in [2.05, 4.69) is 10.2 Å². The summed E-state index contributed by atoms with van der Waals surface area (Å²) in [4.78, 5) is 15.1. The summed E-state index contributed by atoms with van der Waals surface area (Å²) in [6.07, 6.45) is 0. The highest BCUT2D eigenvalue weighted by atomic mass is 32.2. The minimum Gasteiger partial charge on any atom is -0.454 e. The molecule has 8 heteroatoms. The lowest BCUT2D eigenvalue weighted by atomic mass is 10.2. The fourth-order valence-corrected chi connectivity index (χ4v) is 4.81. The number of anilines is 1. The summed E-state index contributed by atoms with van der Waals surface area (Å²) in [5.74, 6) is 2.08. The summed E-state index contributed by atoms with van der Waals surface area (Å²) in [7, 11) is 0. The van der Waals surface area contributed by atoms with Crippen molar-refractivity contribution in [3.8, 4) is 28.6 Å².